The third-order valence-corrected chi connectivity index (χ3v) is 21.3. The molecule has 19 heteroatoms. The lowest BCUT2D eigenvalue weighted by Crippen LogP contribution is -2.30. The second-order valence-corrected chi connectivity index (χ2v) is 32.4. The lowest BCUT2D eigenvalue weighted by atomic mass is 10.0. The molecule has 600 valence electrons. The lowest BCUT2D eigenvalue weighted by Gasteiger charge is -2.21. The molecule has 2 unspecified atom stereocenters. The molecule has 0 amide bonds. The molecule has 0 aromatic carbocycles. The summed E-state index contributed by atoms with van der Waals surface area (Å²) in [5.74, 6) is -2.10. The molecule has 0 radical (unpaired) electrons. The van der Waals surface area contributed by atoms with Crippen LogP contribution in [0.2, 0.25) is 0 Å². The molecule has 0 spiro atoms. The molecule has 0 aliphatic heterocycles. The van der Waals surface area contributed by atoms with Crippen LogP contribution in [0.15, 0.2) is 0 Å². The highest BCUT2D eigenvalue weighted by Crippen LogP contribution is 2.45. The molecular formula is C82H160O17P2. The Hall–Kier alpha value is -1.94. The Bertz CT molecular complexity index is 1910. The predicted molar refractivity (Wildman–Crippen MR) is 414 cm³/mol. The first kappa shape index (κ1) is 99.1. The summed E-state index contributed by atoms with van der Waals surface area (Å²) >= 11 is 0. The summed E-state index contributed by atoms with van der Waals surface area (Å²) in [4.78, 5) is 73.0. The van der Waals surface area contributed by atoms with Gasteiger partial charge in [0.2, 0.25) is 0 Å². The number of phosphoric acid groups is 2. The van der Waals surface area contributed by atoms with E-state index in [2.05, 4.69) is 27.7 Å². The van der Waals surface area contributed by atoms with Crippen LogP contribution >= 0.6 is 15.6 Å². The van der Waals surface area contributed by atoms with Gasteiger partial charge in [0.25, 0.3) is 0 Å². The molecule has 101 heavy (non-hydrogen) atoms. The SMILES string of the molecule is CCCCCCCCCCCCCCCCCCCCCCCC(=O)O[C@H](COC(=O)CCCCCCCCCCCCCCCCCCCCC)COP(=O)(O)OC[C@@H](O)COP(=O)(O)OC[C@@H](COC(=O)CCCCCCCCCCCC)OC(=O)CCCCCCCCCCCCC. The largest absolute Gasteiger partial charge is 0.472 e. The van der Waals surface area contributed by atoms with Crippen molar-refractivity contribution in [2.45, 2.75) is 463 Å². The molecule has 0 aromatic heterocycles. The van der Waals surface area contributed by atoms with Gasteiger partial charge in [-0.15, -0.1) is 0 Å². The number of aliphatic hydroxyl groups excluding tert-OH is 1. The number of phosphoric ester groups is 2. The van der Waals surface area contributed by atoms with Gasteiger partial charge in [-0.25, -0.2) is 9.13 Å². The smallest absolute Gasteiger partial charge is 0.462 e. The van der Waals surface area contributed by atoms with Crippen LogP contribution in [0.1, 0.15) is 445 Å². The second kappa shape index (κ2) is 76.3. The Kier molecular flexibility index (Phi) is 74.8. The van der Waals surface area contributed by atoms with E-state index in [0.29, 0.717) is 25.7 Å². The fourth-order valence-electron chi connectivity index (χ4n) is 12.8. The second-order valence-electron chi connectivity index (χ2n) is 29.5. The van der Waals surface area contributed by atoms with Crippen molar-refractivity contribution in [2.24, 2.45) is 0 Å². The first-order valence-electron chi connectivity index (χ1n) is 42.8. The highest BCUT2D eigenvalue weighted by molar-refractivity contribution is 7.47. The van der Waals surface area contributed by atoms with Crippen molar-refractivity contribution in [3.05, 3.63) is 0 Å². The van der Waals surface area contributed by atoms with Crippen LogP contribution in [0.5, 0.6) is 0 Å². The zero-order chi connectivity index (χ0) is 73.9. The monoisotopic (exact) mass is 1480 g/mol. The van der Waals surface area contributed by atoms with Crippen LogP contribution < -0.4 is 0 Å². The van der Waals surface area contributed by atoms with Gasteiger partial charge in [-0.1, -0.05) is 394 Å². The lowest BCUT2D eigenvalue weighted by molar-refractivity contribution is -0.161. The highest BCUT2D eigenvalue weighted by Gasteiger charge is 2.30. The van der Waals surface area contributed by atoms with Crippen molar-refractivity contribution in [1.29, 1.82) is 0 Å². The molecule has 0 bridgehead atoms. The van der Waals surface area contributed by atoms with E-state index in [1.807, 2.05) is 0 Å². The summed E-state index contributed by atoms with van der Waals surface area (Å²) in [6.45, 7) is 5.01. The highest BCUT2D eigenvalue weighted by atomic mass is 31.2. The molecular weight excluding hydrogens is 1320 g/mol. The van der Waals surface area contributed by atoms with Gasteiger partial charge in [-0.05, 0) is 25.7 Å². The third-order valence-electron chi connectivity index (χ3n) is 19.4. The number of carbonyl (C=O) groups is 4. The molecule has 0 aliphatic rings. The average molecular weight is 1480 g/mol. The van der Waals surface area contributed by atoms with Crippen molar-refractivity contribution >= 4 is 39.5 Å². The molecule has 0 saturated carbocycles. The van der Waals surface area contributed by atoms with Gasteiger partial charge in [0, 0.05) is 25.7 Å². The summed E-state index contributed by atoms with van der Waals surface area (Å²) in [5, 5.41) is 10.6. The molecule has 3 N–H and O–H groups in total. The maximum atomic E-state index is 13.1. The van der Waals surface area contributed by atoms with Gasteiger partial charge in [0.05, 0.1) is 26.4 Å². The number of rotatable bonds is 83. The Morgan fingerprint density at radius 2 is 0.396 bits per heavy atom. The molecule has 17 nitrogen and oxygen atoms in total. The Morgan fingerprint density at radius 3 is 0.584 bits per heavy atom. The third kappa shape index (κ3) is 76.1. The molecule has 5 atom stereocenters. The van der Waals surface area contributed by atoms with E-state index in [1.54, 1.807) is 0 Å². The van der Waals surface area contributed by atoms with Gasteiger partial charge >= 0.3 is 39.5 Å². The molecule has 0 rings (SSSR count). The Balaban J connectivity index is 5.19. The number of ether oxygens (including phenoxy) is 4. The summed E-state index contributed by atoms with van der Waals surface area (Å²) in [5.41, 5.74) is 0. The maximum absolute atomic E-state index is 13.1. The fourth-order valence-corrected chi connectivity index (χ4v) is 14.4. The zero-order valence-corrected chi connectivity index (χ0v) is 67.7. The molecule has 0 aliphatic carbocycles. The Labute approximate surface area is 619 Å². The standard InChI is InChI=1S/C82H160O17P2/c1-5-9-13-17-21-25-29-31-33-35-37-38-40-42-44-46-49-53-57-61-65-69-82(87)99-78(73-93-80(85)67-63-59-55-51-48-45-43-41-39-36-34-32-30-26-22-18-14-10-6-2)75-97-101(90,91)95-71-76(83)70-94-100(88,89)96-74-77(72-92-79(84)66-62-58-54-50-28-24-20-16-12-8-4)98-81(86)68-64-60-56-52-47-27-23-19-15-11-7-3/h76-78,83H,5-75H2,1-4H3,(H,88,89)(H,90,91)/t76-,77+,78+/m0/s1. The summed E-state index contributed by atoms with van der Waals surface area (Å²) in [6, 6.07) is 0. The minimum absolute atomic E-state index is 0.108. The summed E-state index contributed by atoms with van der Waals surface area (Å²) < 4.78 is 68.7. The number of unbranched alkanes of at least 4 members (excludes halogenated alkanes) is 57. The van der Waals surface area contributed by atoms with Gasteiger partial charge in [-0.3, -0.25) is 37.3 Å². The number of carbonyl (C=O) groups excluding carboxylic acids is 4. The first-order chi connectivity index (χ1) is 49.2. The van der Waals surface area contributed by atoms with Gasteiger partial charge in [0.1, 0.15) is 19.3 Å². The van der Waals surface area contributed by atoms with E-state index in [9.17, 15) is 43.2 Å². The van der Waals surface area contributed by atoms with Gasteiger partial charge < -0.3 is 33.8 Å². The first-order valence-corrected chi connectivity index (χ1v) is 45.8. The number of hydrogen-bond donors (Lipinski definition) is 3. The van der Waals surface area contributed by atoms with E-state index < -0.39 is 97.5 Å². The van der Waals surface area contributed by atoms with Crippen LogP contribution in [0, 0.1) is 0 Å². The van der Waals surface area contributed by atoms with Gasteiger partial charge in [-0.2, -0.15) is 0 Å². The average Bonchev–Trinajstić information content (AvgIpc) is 0.961. The van der Waals surface area contributed by atoms with Crippen LogP contribution in [-0.2, 0) is 65.4 Å². The van der Waals surface area contributed by atoms with E-state index in [-0.39, 0.29) is 25.7 Å². The van der Waals surface area contributed by atoms with Crippen molar-refractivity contribution < 1.29 is 80.2 Å². The molecule has 0 saturated heterocycles. The molecule has 0 aromatic rings. The molecule has 0 fully saturated rings. The molecule has 0 heterocycles. The van der Waals surface area contributed by atoms with Crippen molar-refractivity contribution in [3.8, 4) is 0 Å². The topological polar surface area (TPSA) is 237 Å². The minimum Gasteiger partial charge on any atom is -0.462 e. The van der Waals surface area contributed by atoms with Crippen molar-refractivity contribution in [3.63, 3.8) is 0 Å². The van der Waals surface area contributed by atoms with E-state index in [4.69, 9.17) is 37.0 Å². The van der Waals surface area contributed by atoms with Crippen molar-refractivity contribution in [1.82, 2.24) is 0 Å². The zero-order valence-electron chi connectivity index (χ0n) is 65.9. The Morgan fingerprint density at radius 1 is 0.238 bits per heavy atom. The fraction of sp³-hybridized carbons (Fsp3) is 0.951. The van der Waals surface area contributed by atoms with Gasteiger partial charge in [0.15, 0.2) is 12.2 Å². The van der Waals surface area contributed by atoms with E-state index >= 15 is 0 Å². The maximum Gasteiger partial charge on any atom is 0.472 e. The van der Waals surface area contributed by atoms with Crippen molar-refractivity contribution in [2.75, 3.05) is 39.6 Å². The number of esters is 4. The number of aliphatic hydroxyl groups is 1. The minimum atomic E-state index is -4.96. The van der Waals surface area contributed by atoms with Crippen LogP contribution in [0.25, 0.3) is 0 Å². The summed E-state index contributed by atoms with van der Waals surface area (Å²) in [7, 11) is -9.91. The predicted octanol–water partition coefficient (Wildman–Crippen LogP) is 25.0. The van der Waals surface area contributed by atoms with Crippen LogP contribution in [0.3, 0.4) is 0 Å². The van der Waals surface area contributed by atoms with Crippen LogP contribution in [0.4, 0.5) is 0 Å². The normalized spacial score (nSPS) is 13.8. The van der Waals surface area contributed by atoms with E-state index in [1.165, 1.54) is 276 Å². The quantitative estimate of drug-likeness (QED) is 0.0222. The number of hydrogen-bond acceptors (Lipinski definition) is 15. The van der Waals surface area contributed by atoms with E-state index in [0.717, 1.165) is 89.9 Å². The summed E-state index contributed by atoms with van der Waals surface area (Å²) in [6.07, 6.45) is 69.5. The van der Waals surface area contributed by atoms with Crippen LogP contribution in [-0.4, -0.2) is 96.7 Å².